The average Bonchev–Trinajstić information content (AvgIpc) is 2.81. The summed E-state index contributed by atoms with van der Waals surface area (Å²) in [7, 11) is -3.75. The number of amides is 2. The smallest absolute Gasteiger partial charge is 0.244 e. The lowest BCUT2D eigenvalue weighted by Gasteiger charge is -2.33. The van der Waals surface area contributed by atoms with Gasteiger partial charge in [0.05, 0.1) is 11.9 Å². The maximum atomic E-state index is 13.8. The molecule has 192 valence electrons. The number of carbonyl (C=O) groups is 2. The molecule has 2 rings (SSSR count). The van der Waals surface area contributed by atoms with Crippen LogP contribution in [-0.4, -0.2) is 50.5 Å². The second-order valence-corrected chi connectivity index (χ2v) is 11.2. The summed E-state index contributed by atoms with van der Waals surface area (Å²) in [6.45, 7) is 10.1. The molecule has 7 nitrogen and oxygen atoms in total. The number of nitrogens with one attached hydrogen (secondary N) is 1. The van der Waals surface area contributed by atoms with Gasteiger partial charge in [-0.3, -0.25) is 13.9 Å². The standard InChI is InChI=1S/C27H39N3O4S/c1-7-22-14-11-12-16-25(22)30(35(6,33)34)19-26(31)29(18-23-15-10-9-13-21(23)5)24(8-2)27(32)28-17-20(3)4/h9-16,20,24H,7-8,17-19H2,1-6H3,(H,28,32). The molecule has 35 heavy (non-hydrogen) atoms. The summed E-state index contributed by atoms with van der Waals surface area (Å²) in [5.41, 5.74) is 3.23. The van der Waals surface area contributed by atoms with Crippen LogP contribution in [0.25, 0.3) is 0 Å². The Hall–Kier alpha value is -2.87. The molecule has 0 fully saturated rings. The van der Waals surface area contributed by atoms with Crippen molar-refractivity contribution in [2.45, 2.75) is 60.0 Å². The van der Waals surface area contributed by atoms with Gasteiger partial charge in [0.1, 0.15) is 12.6 Å². The third kappa shape index (κ3) is 7.82. The molecule has 8 heteroatoms. The molecule has 1 unspecified atom stereocenters. The Labute approximate surface area is 210 Å². The van der Waals surface area contributed by atoms with Crippen LogP contribution in [0.15, 0.2) is 48.5 Å². The van der Waals surface area contributed by atoms with Gasteiger partial charge in [0.2, 0.25) is 21.8 Å². The molecule has 0 aliphatic rings. The first-order valence-corrected chi connectivity index (χ1v) is 14.0. The van der Waals surface area contributed by atoms with Crippen molar-refractivity contribution in [3.63, 3.8) is 0 Å². The van der Waals surface area contributed by atoms with Gasteiger partial charge in [0, 0.05) is 13.1 Å². The highest BCUT2D eigenvalue weighted by atomic mass is 32.2. The van der Waals surface area contributed by atoms with E-state index in [-0.39, 0.29) is 24.9 Å². The fourth-order valence-corrected chi connectivity index (χ4v) is 4.84. The predicted octanol–water partition coefficient (Wildman–Crippen LogP) is 3.90. The normalized spacial score (nSPS) is 12.3. The molecule has 0 bridgehead atoms. The third-order valence-corrected chi connectivity index (χ3v) is 7.12. The lowest BCUT2D eigenvalue weighted by Crippen LogP contribution is -2.52. The Morgan fingerprint density at radius 1 is 0.971 bits per heavy atom. The lowest BCUT2D eigenvalue weighted by molar-refractivity contribution is -0.140. The quantitative estimate of drug-likeness (QED) is 0.478. The molecule has 0 aromatic heterocycles. The van der Waals surface area contributed by atoms with Crippen LogP contribution < -0.4 is 9.62 Å². The van der Waals surface area contributed by atoms with Crippen molar-refractivity contribution in [3.8, 4) is 0 Å². The Morgan fingerprint density at radius 3 is 2.11 bits per heavy atom. The van der Waals surface area contributed by atoms with E-state index in [1.54, 1.807) is 12.1 Å². The van der Waals surface area contributed by atoms with E-state index in [2.05, 4.69) is 5.32 Å². The number of nitrogens with zero attached hydrogens (tertiary/aromatic N) is 2. The molecule has 0 radical (unpaired) electrons. The van der Waals surface area contributed by atoms with Crippen LogP contribution in [0.4, 0.5) is 5.69 Å². The van der Waals surface area contributed by atoms with Crippen LogP contribution in [0, 0.1) is 12.8 Å². The van der Waals surface area contributed by atoms with Crippen molar-refractivity contribution in [1.29, 1.82) is 0 Å². The minimum absolute atomic E-state index is 0.214. The summed E-state index contributed by atoms with van der Waals surface area (Å²) in [5, 5.41) is 2.94. The summed E-state index contributed by atoms with van der Waals surface area (Å²) < 4.78 is 26.7. The van der Waals surface area contributed by atoms with Gasteiger partial charge in [-0.15, -0.1) is 0 Å². The number of rotatable bonds is 12. The number of hydrogen-bond donors (Lipinski definition) is 1. The zero-order valence-corrected chi connectivity index (χ0v) is 22.6. The van der Waals surface area contributed by atoms with E-state index in [0.29, 0.717) is 25.1 Å². The van der Waals surface area contributed by atoms with E-state index in [1.165, 1.54) is 4.90 Å². The maximum absolute atomic E-state index is 13.8. The molecular weight excluding hydrogens is 462 g/mol. The fourth-order valence-electron chi connectivity index (χ4n) is 3.96. The zero-order chi connectivity index (χ0) is 26.2. The van der Waals surface area contributed by atoms with Gasteiger partial charge >= 0.3 is 0 Å². The molecule has 0 saturated carbocycles. The molecule has 2 aromatic rings. The molecule has 0 aliphatic heterocycles. The van der Waals surface area contributed by atoms with Crippen molar-refractivity contribution < 1.29 is 18.0 Å². The highest BCUT2D eigenvalue weighted by Gasteiger charge is 2.32. The van der Waals surface area contributed by atoms with Crippen molar-refractivity contribution >= 4 is 27.5 Å². The van der Waals surface area contributed by atoms with Crippen LogP contribution in [0.3, 0.4) is 0 Å². The number of anilines is 1. The van der Waals surface area contributed by atoms with Gasteiger partial charge < -0.3 is 10.2 Å². The molecule has 0 heterocycles. The summed E-state index contributed by atoms with van der Waals surface area (Å²) in [6.07, 6.45) is 2.13. The predicted molar refractivity (Wildman–Crippen MR) is 142 cm³/mol. The van der Waals surface area contributed by atoms with E-state index in [1.807, 2.05) is 71.0 Å². The Morgan fingerprint density at radius 2 is 1.57 bits per heavy atom. The highest BCUT2D eigenvalue weighted by Crippen LogP contribution is 2.24. The van der Waals surface area contributed by atoms with E-state index in [9.17, 15) is 18.0 Å². The minimum atomic E-state index is -3.75. The van der Waals surface area contributed by atoms with Crippen LogP contribution in [0.1, 0.15) is 50.8 Å². The van der Waals surface area contributed by atoms with Gasteiger partial charge in [-0.25, -0.2) is 8.42 Å². The molecule has 2 aromatic carbocycles. The van der Waals surface area contributed by atoms with Gasteiger partial charge in [0.15, 0.2) is 0 Å². The number of aryl methyl sites for hydroxylation is 2. The summed E-state index contributed by atoms with van der Waals surface area (Å²) in [5.74, 6) is -0.387. The van der Waals surface area contributed by atoms with E-state index < -0.39 is 22.0 Å². The summed E-state index contributed by atoms with van der Waals surface area (Å²) >= 11 is 0. The topological polar surface area (TPSA) is 86.8 Å². The van der Waals surface area contributed by atoms with Crippen LogP contribution in [-0.2, 0) is 32.6 Å². The Kier molecular flexibility index (Phi) is 10.3. The van der Waals surface area contributed by atoms with Crippen molar-refractivity contribution in [2.24, 2.45) is 5.92 Å². The van der Waals surface area contributed by atoms with Crippen molar-refractivity contribution in [1.82, 2.24) is 10.2 Å². The van der Waals surface area contributed by atoms with Crippen LogP contribution >= 0.6 is 0 Å². The van der Waals surface area contributed by atoms with Crippen molar-refractivity contribution in [3.05, 3.63) is 65.2 Å². The van der Waals surface area contributed by atoms with E-state index in [4.69, 9.17) is 0 Å². The van der Waals surface area contributed by atoms with Crippen LogP contribution in [0.2, 0.25) is 0 Å². The lowest BCUT2D eigenvalue weighted by atomic mass is 10.1. The fraction of sp³-hybridized carbons (Fsp3) is 0.481. The first-order chi connectivity index (χ1) is 16.5. The molecule has 1 atom stereocenters. The Bertz CT molecular complexity index is 1110. The molecule has 2 amide bonds. The number of para-hydroxylation sites is 1. The summed E-state index contributed by atoms with van der Waals surface area (Å²) in [6, 6.07) is 14.2. The molecule has 0 spiro atoms. The first-order valence-electron chi connectivity index (χ1n) is 12.2. The number of carbonyl (C=O) groups excluding carboxylic acids is 2. The second kappa shape index (κ2) is 12.7. The minimum Gasteiger partial charge on any atom is -0.354 e. The van der Waals surface area contributed by atoms with Crippen molar-refractivity contribution in [2.75, 3.05) is 23.7 Å². The first kappa shape index (κ1) is 28.4. The highest BCUT2D eigenvalue weighted by molar-refractivity contribution is 7.92. The van der Waals surface area contributed by atoms with Gasteiger partial charge in [-0.05, 0) is 48.4 Å². The number of hydrogen-bond acceptors (Lipinski definition) is 4. The number of sulfonamides is 1. The molecular formula is C27H39N3O4S. The van der Waals surface area contributed by atoms with Crippen LogP contribution in [0.5, 0.6) is 0 Å². The molecule has 1 N–H and O–H groups in total. The van der Waals surface area contributed by atoms with Gasteiger partial charge in [0.25, 0.3) is 0 Å². The third-order valence-electron chi connectivity index (χ3n) is 5.99. The Balaban J connectivity index is 2.47. The van der Waals surface area contributed by atoms with Gasteiger partial charge in [-0.1, -0.05) is 70.2 Å². The van der Waals surface area contributed by atoms with Gasteiger partial charge in [-0.2, -0.15) is 0 Å². The second-order valence-electron chi connectivity index (χ2n) is 9.26. The SMILES string of the molecule is CCc1ccccc1N(CC(=O)N(Cc1ccccc1C)C(CC)C(=O)NCC(C)C)S(C)(=O)=O. The molecule has 0 saturated heterocycles. The summed E-state index contributed by atoms with van der Waals surface area (Å²) in [4.78, 5) is 28.4. The average molecular weight is 502 g/mol. The zero-order valence-electron chi connectivity index (χ0n) is 21.7. The van der Waals surface area contributed by atoms with E-state index in [0.717, 1.165) is 27.3 Å². The largest absolute Gasteiger partial charge is 0.354 e. The number of benzene rings is 2. The van der Waals surface area contributed by atoms with E-state index >= 15 is 0 Å². The maximum Gasteiger partial charge on any atom is 0.244 e. The monoisotopic (exact) mass is 501 g/mol. The molecule has 0 aliphatic carbocycles.